The van der Waals surface area contributed by atoms with E-state index in [0.29, 0.717) is 11.4 Å². The minimum atomic E-state index is -0.851. The van der Waals surface area contributed by atoms with E-state index in [2.05, 4.69) is 9.97 Å². The van der Waals surface area contributed by atoms with Crippen molar-refractivity contribution in [3.05, 3.63) is 95.3 Å². The molecule has 0 aliphatic heterocycles. The lowest BCUT2D eigenvalue weighted by Crippen LogP contribution is -2.22. The molecule has 4 aromatic rings. The first kappa shape index (κ1) is 24.2. The summed E-state index contributed by atoms with van der Waals surface area (Å²) < 4.78 is 67.1. The Bertz CT molecular complexity index is 1300. The molecule has 0 amide bonds. The third kappa shape index (κ3) is 4.32. The predicted octanol–water partition coefficient (Wildman–Crippen LogP) is 6.71. The Hall–Kier alpha value is -3.94. The van der Waals surface area contributed by atoms with Crippen molar-refractivity contribution in [1.29, 1.82) is 0 Å². The van der Waals surface area contributed by atoms with Gasteiger partial charge in [-0.2, -0.15) is 0 Å². The Morgan fingerprint density at radius 2 is 1.00 bits per heavy atom. The maximum atomic E-state index is 14.8. The van der Waals surface area contributed by atoms with Gasteiger partial charge in [-0.1, -0.05) is 12.1 Å². The van der Waals surface area contributed by atoms with E-state index in [4.69, 9.17) is 9.47 Å². The molecular formula is C27H22F4N2O2. The fraction of sp³-hybridized carbons (Fsp3) is 0.185. The molecule has 0 spiro atoms. The van der Waals surface area contributed by atoms with Crippen LogP contribution in [-0.2, 0) is 5.41 Å². The average Bonchev–Trinajstić information content (AvgIpc) is 2.85. The fourth-order valence-corrected chi connectivity index (χ4v) is 3.83. The lowest BCUT2D eigenvalue weighted by molar-refractivity contribution is 0.360. The first-order chi connectivity index (χ1) is 16.7. The normalized spacial score (nSPS) is 11.4. The van der Waals surface area contributed by atoms with Crippen molar-refractivity contribution < 1.29 is 27.0 Å². The van der Waals surface area contributed by atoms with Crippen molar-refractivity contribution in [3.8, 4) is 34.0 Å². The summed E-state index contributed by atoms with van der Waals surface area (Å²) in [6.45, 7) is 3.74. The smallest absolute Gasteiger partial charge is 0.191 e. The number of hydrogen-bond donors (Lipinski definition) is 0. The average molecular weight is 482 g/mol. The van der Waals surface area contributed by atoms with E-state index in [-0.39, 0.29) is 22.5 Å². The highest BCUT2D eigenvalue weighted by molar-refractivity contribution is 5.64. The van der Waals surface area contributed by atoms with E-state index in [0.717, 1.165) is 12.1 Å². The predicted molar refractivity (Wildman–Crippen MR) is 124 cm³/mol. The van der Waals surface area contributed by atoms with E-state index in [1.165, 1.54) is 26.4 Å². The van der Waals surface area contributed by atoms with Crippen LogP contribution in [0.1, 0.15) is 25.2 Å². The minimum Gasteiger partial charge on any atom is -0.491 e. The van der Waals surface area contributed by atoms with Crippen molar-refractivity contribution in [2.45, 2.75) is 19.3 Å². The van der Waals surface area contributed by atoms with Crippen molar-refractivity contribution >= 4 is 0 Å². The van der Waals surface area contributed by atoms with Crippen LogP contribution >= 0.6 is 0 Å². The second kappa shape index (κ2) is 9.37. The number of halogens is 4. The highest BCUT2D eigenvalue weighted by atomic mass is 19.1. The third-order valence-corrected chi connectivity index (χ3v) is 5.84. The molecule has 0 fully saturated rings. The Morgan fingerprint density at radius 3 is 1.37 bits per heavy atom. The molecule has 0 unspecified atom stereocenters. The quantitative estimate of drug-likeness (QED) is 0.287. The van der Waals surface area contributed by atoms with Crippen LogP contribution in [0.3, 0.4) is 0 Å². The zero-order valence-electron chi connectivity index (χ0n) is 19.5. The molecule has 4 nitrogen and oxygen atoms in total. The Balaban J connectivity index is 1.77. The van der Waals surface area contributed by atoms with Gasteiger partial charge < -0.3 is 9.47 Å². The molecule has 180 valence electrons. The zero-order valence-corrected chi connectivity index (χ0v) is 19.5. The third-order valence-electron chi connectivity index (χ3n) is 5.84. The lowest BCUT2D eigenvalue weighted by atomic mass is 9.84. The Kier molecular flexibility index (Phi) is 6.47. The molecule has 2 aromatic heterocycles. The molecule has 0 saturated carbocycles. The minimum absolute atomic E-state index is 0.0862. The van der Waals surface area contributed by atoms with Crippen LogP contribution in [0.2, 0.25) is 0 Å². The summed E-state index contributed by atoms with van der Waals surface area (Å²) in [4.78, 5) is 9.23. The van der Waals surface area contributed by atoms with Crippen molar-refractivity contribution in [2.24, 2.45) is 0 Å². The van der Waals surface area contributed by atoms with Gasteiger partial charge in [0.05, 0.1) is 37.0 Å². The Labute approximate surface area is 200 Å². The number of hydrogen-bond acceptors (Lipinski definition) is 4. The molecule has 2 heterocycles. The van der Waals surface area contributed by atoms with Gasteiger partial charge in [-0.3, -0.25) is 9.97 Å². The fourth-order valence-electron chi connectivity index (χ4n) is 3.83. The van der Waals surface area contributed by atoms with Crippen LogP contribution in [0.5, 0.6) is 11.5 Å². The van der Waals surface area contributed by atoms with E-state index < -0.39 is 40.2 Å². The van der Waals surface area contributed by atoms with Crippen LogP contribution < -0.4 is 9.47 Å². The second-order valence-corrected chi connectivity index (χ2v) is 8.33. The van der Waals surface area contributed by atoms with Crippen LogP contribution in [-0.4, -0.2) is 24.2 Å². The van der Waals surface area contributed by atoms with Gasteiger partial charge in [0.25, 0.3) is 0 Å². The molecule has 0 atom stereocenters. The van der Waals surface area contributed by atoms with Gasteiger partial charge in [0.1, 0.15) is 0 Å². The van der Waals surface area contributed by atoms with Crippen LogP contribution in [0.25, 0.3) is 22.5 Å². The second-order valence-electron chi connectivity index (χ2n) is 8.33. The molecule has 0 aliphatic rings. The summed E-state index contributed by atoms with van der Waals surface area (Å²) in [7, 11) is 2.38. The van der Waals surface area contributed by atoms with Gasteiger partial charge in [0.2, 0.25) is 0 Å². The SMILES string of the molecule is COc1c(F)ccc(-c2cccc(C(C)(C)c3cccc(-c4ccc(F)c(OC)c4F)n3)n2)c1F. The number of nitrogens with zero attached hydrogens (tertiary/aromatic N) is 2. The topological polar surface area (TPSA) is 44.2 Å². The molecule has 0 aliphatic carbocycles. The molecule has 35 heavy (non-hydrogen) atoms. The maximum Gasteiger partial charge on any atom is 0.191 e. The number of pyridine rings is 2. The van der Waals surface area contributed by atoms with Gasteiger partial charge in [-0.05, 0) is 62.4 Å². The summed E-state index contributed by atoms with van der Waals surface area (Å²) in [5.74, 6) is -4.29. The molecule has 0 bridgehead atoms. The van der Waals surface area contributed by atoms with Crippen LogP contribution in [0.4, 0.5) is 17.6 Å². The molecular weight excluding hydrogens is 460 g/mol. The van der Waals surface area contributed by atoms with Crippen molar-refractivity contribution in [2.75, 3.05) is 14.2 Å². The first-order valence-electron chi connectivity index (χ1n) is 10.7. The highest BCUT2D eigenvalue weighted by Gasteiger charge is 2.28. The summed E-state index contributed by atoms with van der Waals surface area (Å²) >= 11 is 0. The van der Waals surface area contributed by atoms with Crippen LogP contribution in [0, 0.1) is 23.3 Å². The Morgan fingerprint density at radius 1 is 0.600 bits per heavy atom. The van der Waals surface area contributed by atoms with Gasteiger partial charge in [-0.25, -0.2) is 17.6 Å². The number of aromatic nitrogens is 2. The summed E-state index contributed by atoms with van der Waals surface area (Å²) in [6, 6.07) is 15.0. The number of ether oxygens (including phenoxy) is 2. The molecule has 0 N–H and O–H groups in total. The highest BCUT2D eigenvalue weighted by Crippen LogP contribution is 2.36. The standard InChI is InChI=1S/C27H22F4N2O2/c1-27(2,21-9-5-7-19(32-21)15-11-13-17(28)25(34-3)23(15)30)22-10-6-8-20(33-22)16-12-14-18(29)26(35-4)24(16)31/h5-14H,1-4H3. The van der Waals surface area contributed by atoms with E-state index in [1.807, 2.05) is 13.8 Å². The molecule has 0 radical (unpaired) electrons. The maximum absolute atomic E-state index is 14.8. The van der Waals surface area contributed by atoms with E-state index in [9.17, 15) is 17.6 Å². The first-order valence-corrected chi connectivity index (χ1v) is 10.7. The van der Waals surface area contributed by atoms with Crippen molar-refractivity contribution in [1.82, 2.24) is 9.97 Å². The lowest BCUT2D eigenvalue weighted by Gasteiger charge is -2.25. The number of methoxy groups -OCH3 is 2. The summed E-state index contributed by atoms with van der Waals surface area (Å²) in [5, 5.41) is 0. The van der Waals surface area contributed by atoms with Crippen LogP contribution in [0.15, 0.2) is 60.7 Å². The monoisotopic (exact) mass is 482 g/mol. The molecule has 2 aromatic carbocycles. The zero-order chi connectivity index (χ0) is 25.3. The van der Waals surface area contributed by atoms with Crippen molar-refractivity contribution in [3.63, 3.8) is 0 Å². The van der Waals surface area contributed by atoms with Gasteiger partial charge in [-0.15, -0.1) is 0 Å². The van der Waals surface area contributed by atoms with Gasteiger partial charge >= 0.3 is 0 Å². The number of benzene rings is 2. The molecule has 0 saturated heterocycles. The number of rotatable bonds is 6. The summed E-state index contributed by atoms with van der Waals surface area (Å²) in [6.07, 6.45) is 0. The largest absolute Gasteiger partial charge is 0.491 e. The summed E-state index contributed by atoms with van der Waals surface area (Å²) in [5.41, 5.74) is 1.08. The molecule has 8 heteroatoms. The molecule has 4 rings (SSSR count). The van der Waals surface area contributed by atoms with E-state index in [1.54, 1.807) is 36.4 Å². The van der Waals surface area contributed by atoms with Gasteiger partial charge in [0.15, 0.2) is 34.8 Å². The van der Waals surface area contributed by atoms with E-state index >= 15 is 0 Å². The van der Waals surface area contributed by atoms with Gasteiger partial charge in [0, 0.05) is 16.5 Å².